The molecule has 124 valence electrons. The minimum absolute atomic E-state index is 0.0800. The highest BCUT2D eigenvalue weighted by molar-refractivity contribution is 6.31. The normalized spacial score (nSPS) is 12.2. The molecular formula is C18H21ClFNO2. The maximum atomic E-state index is 13.7. The second-order valence-electron chi connectivity index (χ2n) is 5.30. The zero-order valence-corrected chi connectivity index (χ0v) is 13.8. The Morgan fingerprint density at radius 3 is 2.74 bits per heavy atom. The van der Waals surface area contributed by atoms with Crippen molar-refractivity contribution in [3.05, 3.63) is 64.4 Å². The van der Waals surface area contributed by atoms with Crippen LogP contribution in [0.4, 0.5) is 4.39 Å². The summed E-state index contributed by atoms with van der Waals surface area (Å²) in [5.74, 6) is 0.282. The van der Waals surface area contributed by atoms with Crippen LogP contribution in [0.5, 0.6) is 5.75 Å². The van der Waals surface area contributed by atoms with E-state index >= 15 is 0 Å². The van der Waals surface area contributed by atoms with Gasteiger partial charge in [-0.15, -0.1) is 0 Å². The summed E-state index contributed by atoms with van der Waals surface area (Å²) in [6, 6.07) is 12.2. The van der Waals surface area contributed by atoms with E-state index in [1.54, 1.807) is 12.1 Å². The van der Waals surface area contributed by atoms with E-state index in [0.717, 1.165) is 12.0 Å². The van der Waals surface area contributed by atoms with Crippen LogP contribution in [0.25, 0.3) is 0 Å². The third-order valence-corrected chi connectivity index (χ3v) is 4.01. The van der Waals surface area contributed by atoms with E-state index < -0.39 is 0 Å². The fraction of sp³-hybridized carbons (Fsp3) is 0.333. The maximum Gasteiger partial charge on any atom is 0.131 e. The van der Waals surface area contributed by atoms with Crippen molar-refractivity contribution in [2.75, 3.05) is 6.61 Å². The molecule has 0 bridgehead atoms. The first-order valence-electron chi connectivity index (χ1n) is 7.63. The summed E-state index contributed by atoms with van der Waals surface area (Å²) >= 11 is 5.99. The summed E-state index contributed by atoms with van der Waals surface area (Å²) in [6.45, 7) is 2.84. The molecule has 2 rings (SSSR count). The van der Waals surface area contributed by atoms with E-state index in [0.29, 0.717) is 22.9 Å². The molecule has 1 atom stereocenters. The molecule has 0 unspecified atom stereocenters. The Morgan fingerprint density at radius 2 is 2.04 bits per heavy atom. The number of nitrogens with one attached hydrogen (secondary N) is 1. The lowest BCUT2D eigenvalue weighted by molar-refractivity contribution is 0.238. The van der Waals surface area contributed by atoms with Crippen molar-refractivity contribution >= 4 is 11.6 Å². The predicted octanol–water partition coefficient (Wildman–Crippen LogP) is 3.92. The third-order valence-electron chi connectivity index (χ3n) is 3.65. The number of aliphatic hydroxyl groups excluding tert-OH is 1. The molecule has 0 heterocycles. The topological polar surface area (TPSA) is 41.5 Å². The fourth-order valence-electron chi connectivity index (χ4n) is 2.17. The quantitative estimate of drug-likeness (QED) is 0.767. The molecule has 0 saturated heterocycles. The molecule has 2 aromatic rings. The molecule has 0 aliphatic carbocycles. The van der Waals surface area contributed by atoms with Gasteiger partial charge < -0.3 is 15.2 Å². The molecule has 23 heavy (non-hydrogen) atoms. The highest BCUT2D eigenvalue weighted by Gasteiger charge is 2.08. The van der Waals surface area contributed by atoms with Crippen LogP contribution < -0.4 is 10.1 Å². The zero-order chi connectivity index (χ0) is 16.7. The zero-order valence-electron chi connectivity index (χ0n) is 13.1. The molecule has 0 saturated carbocycles. The molecule has 0 fully saturated rings. The summed E-state index contributed by atoms with van der Waals surface area (Å²) in [6.07, 6.45) is 0.860. The summed E-state index contributed by atoms with van der Waals surface area (Å²) in [4.78, 5) is 0. The first-order chi connectivity index (χ1) is 11.1. The first kappa shape index (κ1) is 17.7. The molecular weight excluding hydrogens is 317 g/mol. The van der Waals surface area contributed by atoms with Gasteiger partial charge in [-0.25, -0.2) is 4.39 Å². The number of halogens is 2. The molecule has 3 nitrogen and oxygen atoms in total. The summed E-state index contributed by atoms with van der Waals surface area (Å²) in [5, 5.41) is 12.8. The average molecular weight is 338 g/mol. The number of hydrogen-bond acceptors (Lipinski definition) is 3. The van der Waals surface area contributed by atoms with Crippen molar-refractivity contribution in [2.45, 2.75) is 32.5 Å². The van der Waals surface area contributed by atoms with Crippen molar-refractivity contribution < 1.29 is 14.2 Å². The Bertz CT molecular complexity index is 612. The predicted molar refractivity (Wildman–Crippen MR) is 90.2 cm³/mol. The minimum Gasteiger partial charge on any atom is -0.489 e. The Hall–Kier alpha value is -1.62. The van der Waals surface area contributed by atoms with Gasteiger partial charge in [0.25, 0.3) is 0 Å². The SMILES string of the molecule is CC[C@H](CO)NCc1cccc(OCc2c(F)cccc2Cl)c1. The lowest BCUT2D eigenvalue weighted by Crippen LogP contribution is -2.31. The molecule has 0 aromatic heterocycles. The summed E-state index contributed by atoms with van der Waals surface area (Å²) < 4.78 is 19.4. The standard InChI is InChI=1S/C18H21ClFNO2/c1-2-14(11-22)21-10-13-5-3-6-15(9-13)23-12-16-17(19)7-4-8-18(16)20/h3-9,14,21-22H,2,10-12H2,1H3/t14-/m1/s1. The number of rotatable bonds is 8. The monoisotopic (exact) mass is 337 g/mol. The lowest BCUT2D eigenvalue weighted by atomic mass is 10.2. The van der Waals surface area contributed by atoms with E-state index in [9.17, 15) is 9.50 Å². The number of ether oxygens (including phenoxy) is 1. The summed E-state index contributed by atoms with van der Waals surface area (Å²) in [7, 11) is 0. The smallest absolute Gasteiger partial charge is 0.131 e. The Kier molecular flexibility index (Phi) is 6.84. The van der Waals surface area contributed by atoms with Gasteiger partial charge in [-0.3, -0.25) is 0 Å². The first-order valence-corrected chi connectivity index (χ1v) is 8.00. The second kappa shape index (κ2) is 8.87. The molecule has 0 amide bonds. The van der Waals surface area contributed by atoms with Crippen LogP contribution in [-0.4, -0.2) is 17.8 Å². The van der Waals surface area contributed by atoms with Crippen LogP contribution in [0.15, 0.2) is 42.5 Å². The fourth-order valence-corrected chi connectivity index (χ4v) is 2.39. The van der Waals surface area contributed by atoms with E-state index in [4.69, 9.17) is 16.3 Å². The van der Waals surface area contributed by atoms with E-state index in [2.05, 4.69) is 5.32 Å². The summed E-state index contributed by atoms with van der Waals surface area (Å²) in [5.41, 5.74) is 1.39. The van der Waals surface area contributed by atoms with E-state index in [1.165, 1.54) is 6.07 Å². The van der Waals surface area contributed by atoms with E-state index in [1.807, 2.05) is 31.2 Å². The molecule has 0 radical (unpaired) electrons. The molecule has 0 spiro atoms. The highest BCUT2D eigenvalue weighted by Crippen LogP contribution is 2.22. The number of benzene rings is 2. The Labute approximate surface area is 141 Å². The lowest BCUT2D eigenvalue weighted by Gasteiger charge is -2.14. The Balaban J connectivity index is 1.97. The van der Waals surface area contributed by atoms with Crippen molar-refractivity contribution in [3.8, 4) is 5.75 Å². The van der Waals surface area contributed by atoms with Crippen molar-refractivity contribution in [1.82, 2.24) is 5.32 Å². The molecule has 0 aliphatic heterocycles. The average Bonchev–Trinajstić information content (AvgIpc) is 2.56. The van der Waals surface area contributed by atoms with E-state index in [-0.39, 0.29) is 25.1 Å². The van der Waals surface area contributed by atoms with Gasteiger partial charge in [0.05, 0.1) is 11.6 Å². The maximum absolute atomic E-state index is 13.7. The molecule has 0 aliphatic rings. The Morgan fingerprint density at radius 1 is 1.26 bits per heavy atom. The minimum atomic E-state index is -0.371. The number of aliphatic hydroxyl groups is 1. The van der Waals surface area contributed by atoms with Crippen LogP contribution in [0, 0.1) is 5.82 Å². The van der Waals surface area contributed by atoms with Crippen LogP contribution in [0.3, 0.4) is 0 Å². The van der Waals surface area contributed by atoms with Crippen LogP contribution >= 0.6 is 11.6 Å². The largest absolute Gasteiger partial charge is 0.489 e. The van der Waals surface area contributed by atoms with Gasteiger partial charge in [0, 0.05) is 18.2 Å². The number of hydrogen-bond donors (Lipinski definition) is 2. The third kappa shape index (κ3) is 5.20. The van der Waals surface area contributed by atoms with Crippen LogP contribution in [-0.2, 0) is 13.2 Å². The van der Waals surface area contributed by atoms with Gasteiger partial charge >= 0.3 is 0 Å². The molecule has 2 N–H and O–H groups in total. The van der Waals surface area contributed by atoms with Gasteiger partial charge in [0.2, 0.25) is 0 Å². The van der Waals surface area contributed by atoms with Crippen molar-refractivity contribution in [2.24, 2.45) is 0 Å². The van der Waals surface area contributed by atoms with Gasteiger partial charge in [-0.1, -0.05) is 36.7 Å². The van der Waals surface area contributed by atoms with Crippen molar-refractivity contribution in [3.63, 3.8) is 0 Å². The molecule has 5 heteroatoms. The van der Waals surface area contributed by atoms with Gasteiger partial charge in [-0.2, -0.15) is 0 Å². The highest BCUT2D eigenvalue weighted by atomic mass is 35.5. The van der Waals surface area contributed by atoms with Gasteiger partial charge in [-0.05, 0) is 36.2 Å². The van der Waals surface area contributed by atoms with Crippen molar-refractivity contribution in [1.29, 1.82) is 0 Å². The molecule has 2 aromatic carbocycles. The van der Waals surface area contributed by atoms with Gasteiger partial charge in [0.15, 0.2) is 0 Å². The second-order valence-corrected chi connectivity index (χ2v) is 5.71. The van der Waals surface area contributed by atoms with Crippen LogP contribution in [0.2, 0.25) is 5.02 Å². The van der Waals surface area contributed by atoms with Gasteiger partial charge in [0.1, 0.15) is 18.2 Å². The van der Waals surface area contributed by atoms with Crippen LogP contribution in [0.1, 0.15) is 24.5 Å².